The van der Waals surface area contributed by atoms with Gasteiger partial charge in [-0.25, -0.2) is 0 Å². The van der Waals surface area contributed by atoms with Crippen LogP contribution in [0.15, 0.2) is 36.5 Å². The van der Waals surface area contributed by atoms with Gasteiger partial charge in [-0.15, -0.1) is 0 Å². The lowest BCUT2D eigenvalue weighted by Gasteiger charge is -2.34. The Hall–Kier alpha value is -2.45. The van der Waals surface area contributed by atoms with Crippen molar-refractivity contribution in [1.29, 1.82) is 0 Å². The van der Waals surface area contributed by atoms with Gasteiger partial charge in [0.2, 0.25) is 0 Å². The van der Waals surface area contributed by atoms with Crippen LogP contribution in [-0.4, -0.2) is 75.5 Å². The molecule has 0 spiro atoms. The molecule has 0 aromatic heterocycles. The molecule has 2 atom stereocenters. The van der Waals surface area contributed by atoms with Crippen LogP contribution in [0.5, 0.6) is 0 Å². The van der Waals surface area contributed by atoms with Crippen molar-refractivity contribution in [1.82, 2.24) is 0 Å². The maximum atomic E-state index is 12.7. The van der Waals surface area contributed by atoms with Crippen molar-refractivity contribution < 1.29 is 38.2 Å². The molecule has 0 heterocycles. The van der Waals surface area contributed by atoms with Crippen LogP contribution in [0, 0.1) is 0 Å². The Morgan fingerprint density at radius 1 is 0.608 bits per heavy atom. The van der Waals surface area contributed by atoms with Crippen molar-refractivity contribution in [3.8, 4) is 0 Å². The van der Waals surface area contributed by atoms with Crippen molar-refractivity contribution in [2.45, 2.75) is 180 Å². The summed E-state index contributed by atoms with van der Waals surface area (Å²) in [5.74, 6) is -1.76. The third-order valence-corrected chi connectivity index (χ3v) is 9.10. The minimum atomic E-state index is -1.13. The zero-order valence-electron chi connectivity index (χ0n) is 33.5. The van der Waals surface area contributed by atoms with Gasteiger partial charge < -0.3 is 28.6 Å². The van der Waals surface area contributed by atoms with Gasteiger partial charge in [0.05, 0.1) is 40.3 Å². The largest absolute Gasteiger partial charge is 0.544 e. The molecule has 0 aliphatic carbocycles. The molecule has 51 heavy (non-hydrogen) atoms. The fourth-order valence-electron chi connectivity index (χ4n) is 5.89. The van der Waals surface area contributed by atoms with Gasteiger partial charge in [-0.2, -0.15) is 0 Å². The summed E-state index contributed by atoms with van der Waals surface area (Å²) in [6.45, 7) is 4.50. The molecule has 0 amide bonds. The van der Waals surface area contributed by atoms with Crippen molar-refractivity contribution in [3.63, 3.8) is 0 Å². The molecular weight excluding hydrogens is 642 g/mol. The normalized spacial score (nSPS) is 13.4. The van der Waals surface area contributed by atoms with Crippen LogP contribution < -0.4 is 5.11 Å². The van der Waals surface area contributed by atoms with E-state index in [1.165, 1.54) is 70.6 Å². The van der Waals surface area contributed by atoms with Gasteiger partial charge in [-0.05, 0) is 32.1 Å². The number of allylic oxidation sites excluding steroid dienone is 6. The maximum absolute atomic E-state index is 12.7. The molecule has 0 saturated carbocycles. The number of hydrogen-bond acceptors (Lipinski definition) is 7. The number of nitrogens with zero attached hydrogens (tertiary/aromatic N) is 1. The number of hydrogen-bond donors (Lipinski definition) is 0. The molecule has 296 valence electrons. The quantitative estimate of drug-likeness (QED) is 0.0275. The topological polar surface area (TPSA) is 102 Å². The number of carboxylic acids is 1. The predicted molar refractivity (Wildman–Crippen MR) is 208 cm³/mol. The van der Waals surface area contributed by atoms with Gasteiger partial charge >= 0.3 is 11.9 Å². The fraction of sp³-hybridized carbons (Fsp3) is 0.791. The van der Waals surface area contributed by atoms with Gasteiger partial charge in [-0.1, -0.05) is 153 Å². The second-order valence-corrected chi connectivity index (χ2v) is 14.9. The smallest absolute Gasteiger partial charge is 0.306 e. The Morgan fingerprint density at radius 3 is 1.61 bits per heavy atom. The first-order valence-corrected chi connectivity index (χ1v) is 20.5. The third kappa shape index (κ3) is 33.2. The summed E-state index contributed by atoms with van der Waals surface area (Å²) >= 11 is 0. The van der Waals surface area contributed by atoms with Gasteiger partial charge in [-0.3, -0.25) is 9.59 Å². The van der Waals surface area contributed by atoms with Crippen LogP contribution in [0.4, 0.5) is 0 Å². The lowest BCUT2D eigenvalue weighted by atomic mass is 10.0. The second kappa shape index (κ2) is 34.6. The number of ether oxygens (including phenoxy) is 3. The van der Waals surface area contributed by atoms with E-state index >= 15 is 0 Å². The van der Waals surface area contributed by atoms with Gasteiger partial charge in [0, 0.05) is 19.3 Å². The van der Waals surface area contributed by atoms with Crippen LogP contribution in [-0.2, 0) is 28.6 Å². The monoisotopic (exact) mass is 720 g/mol. The minimum absolute atomic E-state index is 0.0361. The van der Waals surface area contributed by atoms with Crippen LogP contribution in [0.25, 0.3) is 0 Å². The molecular formula is C43H77NO7. The predicted octanol–water partition coefficient (Wildman–Crippen LogP) is 9.35. The van der Waals surface area contributed by atoms with E-state index in [2.05, 4.69) is 44.2 Å². The van der Waals surface area contributed by atoms with E-state index in [1.54, 1.807) is 21.1 Å². The highest BCUT2D eigenvalue weighted by molar-refractivity contribution is 5.70. The number of carbonyl (C=O) groups excluding carboxylic acids is 3. The van der Waals surface area contributed by atoms with Crippen LogP contribution in [0.2, 0.25) is 0 Å². The SMILES string of the molecule is CC/C=C/C=C/C=C/CCCCCCCC(=O)OCC(COCCC(C(=O)[O-])[N+](C)(C)C)OC(=O)CCCCCCCCCCCCCCCC. The van der Waals surface area contributed by atoms with E-state index in [0.29, 0.717) is 12.8 Å². The molecule has 2 unspecified atom stereocenters. The Bertz CT molecular complexity index is 937. The van der Waals surface area contributed by atoms with Crippen LogP contribution in [0.1, 0.15) is 168 Å². The number of likely N-dealkylation sites (N-methyl/N-ethyl adjacent to an activating group) is 1. The molecule has 0 fully saturated rings. The number of unbranched alkanes of at least 4 members (excludes halogenated alkanes) is 18. The average Bonchev–Trinajstić information content (AvgIpc) is 3.08. The molecule has 0 aliphatic heterocycles. The molecule has 8 heteroatoms. The number of carbonyl (C=O) groups is 3. The molecule has 8 nitrogen and oxygen atoms in total. The molecule has 0 aromatic rings. The fourth-order valence-corrected chi connectivity index (χ4v) is 5.89. The van der Waals surface area contributed by atoms with Gasteiger partial charge in [0.1, 0.15) is 12.6 Å². The van der Waals surface area contributed by atoms with Crippen LogP contribution in [0.3, 0.4) is 0 Å². The highest BCUT2D eigenvalue weighted by Gasteiger charge is 2.25. The van der Waals surface area contributed by atoms with Gasteiger partial charge in [0.15, 0.2) is 6.10 Å². The van der Waals surface area contributed by atoms with Crippen molar-refractivity contribution in [2.24, 2.45) is 0 Å². The van der Waals surface area contributed by atoms with Crippen molar-refractivity contribution in [2.75, 3.05) is 41.0 Å². The summed E-state index contributed by atoms with van der Waals surface area (Å²) in [6, 6.07) is -0.726. The van der Waals surface area contributed by atoms with E-state index in [1.807, 2.05) is 6.08 Å². The summed E-state index contributed by atoms with van der Waals surface area (Å²) in [4.78, 5) is 36.7. The minimum Gasteiger partial charge on any atom is -0.544 e. The lowest BCUT2D eigenvalue weighted by Crippen LogP contribution is -2.55. The summed E-state index contributed by atoms with van der Waals surface area (Å²) in [7, 11) is 5.39. The molecule has 0 rings (SSSR count). The summed E-state index contributed by atoms with van der Waals surface area (Å²) in [5.41, 5.74) is 0. The van der Waals surface area contributed by atoms with Gasteiger partial charge in [0.25, 0.3) is 0 Å². The second-order valence-electron chi connectivity index (χ2n) is 14.9. The molecule has 0 N–H and O–H groups in total. The van der Waals surface area contributed by atoms with E-state index in [0.717, 1.165) is 64.2 Å². The highest BCUT2D eigenvalue weighted by Crippen LogP contribution is 2.15. The Morgan fingerprint density at radius 2 is 1.10 bits per heavy atom. The van der Waals surface area contributed by atoms with Crippen molar-refractivity contribution >= 4 is 17.9 Å². The average molecular weight is 720 g/mol. The first-order chi connectivity index (χ1) is 24.6. The molecule has 0 radical (unpaired) electrons. The Balaban J connectivity index is 4.40. The van der Waals surface area contributed by atoms with Crippen LogP contribution >= 0.6 is 0 Å². The number of esters is 2. The van der Waals surface area contributed by atoms with E-state index in [9.17, 15) is 19.5 Å². The standard InChI is InChI=1S/C43H77NO7/c1-6-8-10-12-14-16-18-20-22-24-26-28-30-32-34-42(46)51-39(37-49-36-35-40(43(47)48)44(3,4)5)38-50-41(45)33-31-29-27-25-23-21-19-17-15-13-11-9-7-2/h9,11,13,15,17,19,39-40H,6-8,10,12,14,16,18,20-38H2,1-5H3/b11-9+,15-13+,19-17+. The Labute approximate surface area is 313 Å². The zero-order valence-corrected chi connectivity index (χ0v) is 33.5. The number of aliphatic carboxylic acids is 1. The first kappa shape index (κ1) is 48.5. The Kier molecular flexibility index (Phi) is 33.0. The molecule has 0 aromatic carbocycles. The highest BCUT2D eigenvalue weighted by atomic mass is 16.6. The molecule has 0 bridgehead atoms. The first-order valence-electron chi connectivity index (χ1n) is 20.5. The summed E-state index contributed by atoms with van der Waals surface area (Å²) in [6.07, 6.45) is 37.3. The summed E-state index contributed by atoms with van der Waals surface area (Å²) in [5, 5.41) is 11.6. The number of carboxylic acid groups (broad SMARTS) is 1. The molecule has 0 saturated heterocycles. The number of quaternary nitrogens is 1. The van der Waals surface area contributed by atoms with E-state index < -0.39 is 18.1 Å². The molecule has 0 aliphatic rings. The maximum Gasteiger partial charge on any atom is 0.306 e. The van der Waals surface area contributed by atoms with E-state index in [-0.39, 0.29) is 42.7 Å². The number of rotatable bonds is 36. The third-order valence-electron chi connectivity index (χ3n) is 9.10. The lowest BCUT2D eigenvalue weighted by molar-refractivity contribution is -0.889. The summed E-state index contributed by atoms with van der Waals surface area (Å²) < 4.78 is 17.1. The van der Waals surface area contributed by atoms with Crippen molar-refractivity contribution in [3.05, 3.63) is 36.5 Å². The zero-order chi connectivity index (χ0) is 37.8. The van der Waals surface area contributed by atoms with E-state index in [4.69, 9.17) is 14.2 Å².